The van der Waals surface area contributed by atoms with Crippen LogP contribution in [0.15, 0.2) is 48.7 Å². The molecule has 1 saturated heterocycles. The summed E-state index contributed by atoms with van der Waals surface area (Å²) >= 11 is 0. The summed E-state index contributed by atoms with van der Waals surface area (Å²) in [4.78, 5) is 19.7. The third kappa shape index (κ3) is 4.36. The molecule has 1 aliphatic rings. The van der Waals surface area contributed by atoms with Crippen LogP contribution in [0, 0.1) is 0 Å². The van der Waals surface area contributed by atoms with Gasteiger partial charge in [0.25, 0.3) is 5.91 Å². The summed E-state index contributed by atoms with van der Waals surface area (Å²) in [5, 5.41) is 0. The second-order valence-corrected chi connectivity index (χ2v) is 5.98. The Bertz CT molecular complexity index is 709. The first-order valence-corrected chi connectivity index (χ1v) is 8.02. The molecule has 0 saturated carbocycles. The Labute approximate surface area is 143 Å². The molecule has 0 bridgehead atoms. The lowest BCUT2D eigenvalue weighted by molar-refractivity contribution is -0.141. The molecule has 1 amide bonds. The number of hydrogen-bond acceptors (Lipinski definition) is 3. The molecule has 0 radical (unpaired) electrons. The van der Waals surface area contributed by atoms with E-state index < -0.39 is 11.9 Å². The number of pyridine rings is 1. The van der Waals surface area contributed by atoms with Crippen molar-refractivity contribution in [3.05, 3.63) is 65.5 Å². The molecule has 0 unspecified atom stereocenters. The fraction of sp³-hybridized carbons (Fsp3) is 0.333. The van der Waals surface area contributed by atoms with Crippen molar-refractivity contribution in [3.63, 3.8) is 0 Å². The molecule has 132 valence electrons. The van der Waals surface area contributed by atoms with Crippen molar-refractivity contribution >= 4 is 5.91 Å². The Morgan fingerprint density at radius 2 is 1.68 bits per heavy atom. The standard InChI is InChI=1S/C18H18F3N3O/c19-18(20,21)16-7-6-15(12-22-16)17(25)24-10-8-23(9-11-24)13-14-4-2-1-3-5-14/h1-7,12H,8-11,13H2. The van der Waals surface area contributed by atoms with Crippen LogP contribution in [-0.4, -0.2) is 46.9 Å². The summed E-state index contributed by atoms with van der Waals surface area (Å²) < 4.78 is 37.6. The highest BCUT2D eigenvalue weighted by atomic mass is 19.4. The zero-order valence-electron chi connectivity index (χ0n) is 13.5. The van der Waals surface area contributed by atoms with Crippen molar-refractivity contribution in [1.82, 2.24) is 14.8 Å². The predicted molar refractivity (Wildman–Crippen MR) is 86.9 cm³/mol. The van der Waals surface area contributed by atoms with Crippen LogP contribution in [0.25, 0.3) is 0 Å². The van der Waals surface area contributed by atoms with Gasteiger partial charge in [0.2, 0.25) is 0 Å². The van der Waals surface area contributed by atoms with Crippen molar-refractivity contribution in [3.8, 4) is 0 Å². The van der Waals surface area contributed by atoms with E-state index in [-0.39, 0.29) is 11.5 Å². The quantitative estimate of drug-likeness (QED) is 0.855. The van der Waals surface area contributed by atoms with E-state index >= 15 is 0 Å². The van der Waals surface area contributed by atoms with Crippen LogP contribution in [0.1, 0.15) is 21.6 Å². The minimum Gasteiger partial charge on any atom is -0.336 e. The molecule has 7 heteroatoms. The fourth-order valence-corrected chi connectivity index (χ4v) is 2.82. The first-order chi connectivity index (χ1) is 11.9. The van der Waals surface area contributed by atoms with Gasteiger partial charge in [-0.25, -0.2) is 0 Å². The van der Waals surface area contributed by atoms with Gasteiger partial charge >= 0.3 is 6.18 Å². The molecule has 2 heterocycles. The fourth-order valence-electron chi connectivity index (χ4n) is 2.82. The van der Waals surface area contributed by atoms with E-state index in [9.17, 15) is 18.0 Å². The number of piperazine rings is 1. The average Bonchev–Trinajstić information content (AvgIpc) is 2.62. The van der Waals surface area contributed by atoms with E-state index in [1.807, 2.05) is 18.2 Å². The average molecular weight is 349 g/mol. The van der Waals surface area contributed by atoms with Gasteiger partial charge in [0.15, 0.2) is 0 Å². The maximum atomic E-state index is 12.5. The molecule has 1 fully saturated rings. The highest BCUT2D eigenvalue weighted by Gasteiger charge is 2.32. The zero-order chi connectivity index (χ0) is 17.9. The van der Waals surface area contributed by atoms with E-state index in [0.717, 1.165) is 31.9 Å². The van der Waals surface area contributed by atoms with Crippen molar-refractivity contribution in [2.45, 2.75) is 12.7 Å². The van der Waals surface area contributed by atoms with Gasteiger partial charge in [-0.2, -0.15) is 13.2 Å². The van der Waals surface area contributed by atoms with Gasteiger partial charge in [-0.3, -0.25) is 14.7 Å². The van der Waals surface area contributed by atoms with Crippen molar-refractivity contribution in [1.29, 1.82) is 0 Å². The van der Waals surface area contributed by atoms with E-state index in [2.05, 4.69) is 22.0 Å². The Morgan fingerprint density at radius 1 is 1.00 bits per heavy atom. The first kappa shape index (κ1) is 17.4. The molecule has 1 aliphatic heterocycles. The van der Waals surface area contributed by atoms with Gasteiger partial charge < -0.3 is 4.90 Å². The second-order valence-electron chi connectivity index (χ2n) is 5.98. The summed E-state index contributed by atoms with van der Waals surface area (Å²) in [6, 6.07) is 12.1. The van der Waals surface area contributed by atoms with Crippen LogP contribution in [0.4, 0.5) is 13.2 Å². The number of benzene rings is 1. The zero-order valence-corrected chi connectivity index (χ0v) is 13.5. The monoisotopic (exact) mass is 349 g/mol. The second kappa shape index (κ2) is 7.23. The van der Waals surface area contributed by atoms with Gasteiger partial charge in [-0.05, 0) is 17.7 Å². The minimum absolute atomic E-state index is 0.185. The SMILES string of the molecule is O=C(c1ccc(C(F)(F)F)nc1)N1CCN(Cc2ccccc2)CC1. The van der Waals surface area contributed by atoms with Crippen LogP contribution < -0.4 is 0 Å². The molecule has 4 nitrogen and oxygen atoms in total. The molecular formula is C18H18F3N3O. The van der Waals surface area contributed by atoms with Crippen LogP contribution in [0.2, 0.25) is 0 Å². The molecule has 1 aromatic carbocycles. The molecule has 1 aromatic heterocycles. The number of halogens is 3. The van der Waals surface area contributed by atoms with Crippen molar-refractivity contribution < 1.29 is 18.0 Å². The van der Waals surface area contributed by atoms with Gasteiger partial charge in [0.1, 0.15) is 5.69 Å². The Balaban J connectivity index is 1.56. The number of amides is 1. The highest BCUT2D eigenvalue weighted by molar-refractivity contribution is 5.94. The lowest BCUT2D eigenvalue weighted by Gasteiger charge is -2.34. The summed E-state index contributed by atoms with van der Waals surface area (Å²) in [6.07, 6.45) is -3.49. The van der Waals surface area contributed by atoms with Crippen LogP contribution in [-0.2, 0) is 12.7 Å². The largest absolute Gasteiger partial charge is 0.433 e. The van der Waals surface area contributed by atoms with Crippen LogP contribution in [0.5, 0.6) is 0 Å². The predicted octanol–water partition coefficient (Wildman–Crippen LogP) is 3.06. The van der Waals surface area contributed by atoms with Gasteiger partial charge in [0, 0.05) is 38.9 Å². The van der Waals surface area contributed by atoms with Gasteiger partial charge in [-0.1, -0.05) is 30.3 Å². The van der Waals surface area contributed by atoms with E-state index in [4.69, 9.17) is 0 Å². The van der Waals surface area contributed by atoms with Gasteiger partial charge in [0.05, 0.1) is 5.56 Å². The first-order valence-electron chi connectivity index (χ1n) is 8.02. The van der Waals surface area contributed by atoms with E-state index in [0.29, 0.717) is 13.1 Å². The number of rotatable bonds is 3. The summed E-state index contributed by atoms with van der Waals surface area (Å²) in [7, 11) is 0. The Morgan fingerprint density at radius 3 is 2.24 bits per heavy atom. The number of aromatic nitrogens is 1. The number of hydrogen-bond donors (Lipinski definition) is 0. The maximum absolute atomic E-state index is 12.5. The number of carbonyl (C=O) groups is 1. The topological polar surface area (TPSA) is 36.4 Å². The summed E-state index contributed by atoms with van der Waals surface area (Å²) in [5.74, 6) is -0.277. The normalized spacial score (nSPS) is 16.0. The molecular weight excluding hydrogens is 331 g/mol. The third-order valence-electron chi connectivity index (χ3n) is 4.21. The number of nitrogens with zero attached hydrogens (tertiary/aromatic N) is 3. The molecule has 0 atom stereocenters. The summed E-state index contributed by atoms with van der Waals surface area (Å²) in [5.41, 5.74) is 0.412. The summed E-state index contributed by atoms with van der Waals surface area (Å²) in [6.45, 7) is 3.38. The molecule has 3 rings (SSSR count). The Kier molecular flexibility index (Phi) is 5.03. The minimum atomic E-state index is -4.50. The van der Waals surface area contributed by atoms with Crippen LogP contribution >= 0.6 is 0 Å². The highest BCUT2D eigenvalue weighted by Crippen LogP contribution is 2.27. The lowest BCUT2D eigenvalue weighted by Crippen LogP contribution is -2.48. The van der Waals surface area contributed by atoms with Crippen molar-refractivity contribution in [2.24, 2.45) is 0 Å². The molecule has 0 aliphatic carbocycles. The van der Waals surface area contributed by atoms with Gasteiger partial charge in [-0.15, -0.1) is 0 Å². The maximum Gasteiger partial charge on any atom is 0.433 e. The van der Waals surface area contributed by atoms with E-state index in [1.165, 1.54) is 11.6 Å². The number of alkyl halides is 3. The molecule has 0 N–H and O–H groups in total. The van der Waals surface area contributed by atoms with Crippen molar-refractivity contribution in [2.75, 3.05) is 26.2 Å². The molecule has 25 heavy (non-hydrogen) atoms. The number of carbonyl (C=O) groups excluding carboxylic acids is 1. The van der Waals surface area contributed by atoms with Crippen LogP contribution in [0.3, 0.4) is 0 Å². The Hall–Kier alpha value is -2.41. The molecule has 0 spiro atoms. The van der Waals surface area contributed by atoms with E-state index in [1.54, 1.807) is 4.90 Å². The molecule has 2 aromatic rings. The third-order valence-corrected chi connectivity index (χ3v) is 4.21. The lowest BCUT2D eigenvalue weighted by atomic mass is 10.1. The smallest absolute Gasteiger partial charge is 0.336 e.